The Labute approximate surface area is 350 Å². The molecule has 0 fully saturated rings. The van der Waals surface area contributed by atoms with Crippen LogP contribution in [-0.4, -0.2) is 26.5 Å². The van der Waals surface area contributed by atoms with Gasteiger partial charge in [-0.3, -0.25) is 0 Å². The van der Waals surface area contributed by atoms with Gasteiger partial charge in [-0.25, -0.2) is 0 Å². The molecule has 0 radical (unpaired) electrons. The Hall–Kier alpha value is -6.61. The van der Waals surface area contributed by atoms with Crippen molar-refractivity contribution in [1.82, 2.24) is 0 Å². The zero-order chi connectivity index (χ0) is 39.2. The van der Waals surface area contributed by atoms with Gasteiger partial charge in [-0.2, -0.15) is 0 Å². The second kappa shape index (κ2) is 10.8. The number of hydrogen-bond acceptors (Lipinski definition) is 6. The second-order valence-corrected chi connectivity index (χ2v) is 32.7. The molecule has 0 aromatic heterocycles. The zero-order valence-electron chi connectivity index (χ0n) is 32.5. The summed E-state index contributed by atoms with van der Waals surface area (Å²) < 4.78 is 37.4. The van der Waals surface area contributed by atoms with Gasteiger partial charge < -0.3 is 0 Å². The van der Waals surface area contributed by atoms with Crippen LogP contribution in [0.25, 0.3) is 21.5 Å². The zero-order valence-corrected chi connectivity index (χ0v) is 36.7. The number of hydrogen-bond donors (Lipinski definition) is 0. The fraction of sp³-hybridized carbons (Fsp3) is 0.0385. The summed E-state index contributed by atoms with van der Waals surface area (Å²) in [6.07, 6.45) is 0. The fourth-order valence-corrected chi connectivity index (χ4v) is 31.4. The van der Waals surface area contributed by atoms with Gasteiger partial charge in [0.2, 0.25) is 0 Å². The predicted molar refractivity (Wildman–Crippen MR) is 245 cm³/mol. The molecule has 0 saturated carbocycles. The van der Waals surface area contributed by atoms with Gasteiger partial charge in [-0.05, 0) is 0 Å². The third-order valence-electron chi connectivity index (χ3n) is 14.1. The van der Waals surface area contributed by atoms with Crippen LogP contribution in [0, 0.1) is 0 Å². The van der Waals surface area contributed by atoms with Crippen molar-refractivity contribution in [2.75, 3.05) is 9.80 Å². The Morgan fingerprint density at radius 1 is 0.350 bits per heavy atom. The van der Waals surface area contributed by atoms with Crippen LogP contribution in [0.3, 0.4) is 0 Å². The van der Waals surface area contributed by atoms with E-state index >= 15 is 0 Å². The first-order valence-electron chi connectivity index (χ1n) is 20.6. The number of rotatable bonds is 2. The standard InChI is InChI=1S/C52H32Ge2N2O4/c1-53-41-35-23-13-25-37(41)57-49-33-21-11-9-15-29(33)27-39(43(49)53)59-51-45(53)47(55(35)31-17-5-3-6-18-31)52-46-48(51)56(32-19-7-4-8-20-32)36-24-14-26-38-42(36)54(46,2)44-40(60-52)28-30-16-10-12-22-34(30)50(44)58-38/h3-28H,1-2H3. The van der Waals surface area contributed by atoms with Crippen LogP contribution in [0.15, 0.2) is 158 Å². The average molecular weight is 894 g/mol. The molecule has 0 saturated heterocycles. The van der Waals surface area contributed by atoms with Crippen LogP contribution >= 0.6 is 0 Å². The number of benzene rings is 9. The minimum atomic E-state index is -3.79. The van der Waals surface area contributed by atoms with Gasteiger partial charge in [0.1, 0.15) is 0 Å². The second-order valence-electron chi connectivity index (χ2n) is 17.0. The maximum atomic E-state index is 7.73. The van der Waals surface area contributed by atoms with Crippen molar-refractivity contribution in [3.05, 3.63) is 158 Å². The van der Waals surface area contributed by atoms with E-state index in [0.29, 0.717) is 0 Å². The van der Waals surface area contributed by atoms with Crippen molar-refractivity contribution in [2.24, 2.45) is 0 Å². The quantitative estimate of drug-likeness (QED) is 0.161. The first kappa shape index (κ1) is 32.3. The molecule has 0 aliphatic carbocycles. The van der Waals surface area contributed by atoms with Crippen LogP contribution in [0.1, 0.15) is 0 Å². The normalized spacial score (nSPS) is 19.4. The van der Waals surface area contributed by atoms with Gasteiger partial charge in [-0.15, -0.1) is 0 Å². The van der Waals surface area contributed by atoms with E-state index in [1.165, 1.54) is 26.4 Å². The molecule has 9 aromatic carbocycles. The summed E-state index contributed by atoms with van der Waals surface area (Å²) in [6, 6.07) is 56.6. The first-order chi connectivity index (χ1) is 29.5. The molecule has 6 aliphatic heterocycles. The molecule has 0 spiro atoms. The van der Waals surface area contributed by atoms with Gasteiger partial charge in [0.05, 0.1) is 0 Å². The molecule has 282 valence electrons. The van der Waals surface area contributed by atoms with E-state index < -0.39 is 26.5 Å². The first-order valence-corrected chi connectivity index (χ1v) is 31.1. The van der Waals surface area contributed by atoms with E-state index in [1.54, 1.807) is 0 Å². The number of anilines is 6. The monoisotopic (exact) mass is 896 g/mol. The molecule has 2 atom stereocenters. The van der Waals surface area contributed by atoms with E-state index in [2.05, 4.69) is 179 Å². The molecule has 6 aliphatic rings. The SMILES string of the molecule is [CH3][Ge]12[c]3c4cccc3N(c3ccccc3)c3c5[c]6c(c([c]31)Oc1cc3ccccc3c([c]12)O4)N(c1ccccc1)c1cccc2[c]1[Ge]6([CH3])[c]1c(cc3ccccc3c1O2)O5. The third kappa shape index (κ3) is 3.56. The Balaban J connectivity index is 1.19. The van der Waals surface area contributed by atoms with Gasteiger partial charge in [0.15, 0.2) is 0 Å². The average Bonchev–Trinajstić information content (AvgIpc) is 3.27. The molecule has 15 rings (SSSR count). The van der Waals surface area contributed by atoms with Crippen molar-refractivity contribution < 1.29 is 18.9 Å². The van der Waals surface area contributed by atoms with E-state index in [4.69, 9.17) is 18.9 Å². The molecule has 9 aromatic rings. The molecule has 0 amide bonds. The third-order valence-corrected chi connectivity index (χ3v) is 32.7. The van der Waals surface area contributed by atoms with Crippen molar-refractivity contribution in [3.63, 3.8) is 0 Å². The van der Waals surface area contributed by atoms with Crippen LogP contribution in [0.5, 0.6) is 46.0 Å². The number of fused-ring (bicyclic) bond motifs is 6. The van der Waals surface area contributed by atoms with E-state index in [1.807, 2.05) is 0 Å². The van der Waals surface area contributed by atoms with Crippen molar-refractivity contribution in [2.45, 2.75) is 11.5 Å². The van der Waals surface area contributed by atoms with Gasteiger partial charge >= 0.3 is 353 Å². The summed E-state index contributed by atoms with van der Waals surface area (Å²) in [7, 11) is 0. The van der Waals surface area contributed by atoms with Crippen LogP contribution in [-0.2, 0) is 0 Å². The number of ether oxygens (including phenoxy) is 4. The summed E-state index contributed by atoms with van der Waals surface area (Å²) in [5.41, 5.74) is 6.63. The van der Waals surface area contributed by atoms with Gasteiger partial charge in [0, 0.05) is 0 Å². The summed E-state index contributed by atoms with van der Waals surface area (Å²) in [6.45, 7) is 0. The minimum absolute atomic E-state index is 0.899. The van der Waals surface area contributed by atoms with Gasteiger partial charge in [0.25, 0.3) is 0 Å². The van der Waals surface area contributed by atoms with Crippen LogP contribution in [0.2, 0.25) is 11.5 Å². The molecule has 2 unspecified atom stereocenters. The number of para-hydroxylation sites is 2. The van der Waals surface area contributed by atoms with Crippen LogP contribution in [0.4, 0.5) is 34.1 Å². The molecule has 8 heteroatoms. The molecular weight excluding hydrogens is 862 g/mol. The Bertz CT molecular complexity index is 3270. The topological polar surface area (TPSA) is 43.4 Å². The van der Waals surface area contributed by atoms with Gasteiger partial charge in [-0.1, -0.05) is 0 Å². The molecule has 0 bridgehead atoms. The number of nitrogens with zero attached hydrogens (tertiary/aromatic N) is 2. The summed E-state index contributed by atoms with van der Waals surface area (Å²) in [5, 5.41) is 4.43. The summed E-state index contributed by atoms with van der Waals surface area (Å²) >= 11 is -7.58. The maximum absolute atomic E-state index is 7.73. The molecule has 6 heterocycles. The fourth-order valence-electron chi connectivity index (χ4n) is 11.8. The Kier molecular flexibility index (Phi) is 5.79. The van der Waals surface area contributed by atoms with E-state index in [0.717, 1.165) is 102 Å². The van der Waals surface area contributed by atoms with E-state index in [-0.39, 0.29) is 0 Å². The molecular formula is C52H32Ge2N2O4. The van der Waals surface area contributed by atoms with E-state index in [9.17, 15) is 0 Å². The van der Waals surface area contributed by atoms with Crippen molar-refractivity contribution in [3.8, 4) is 46.0 Å². The predicted octanol–water partition coefficient (Wildman–Crippen LogP) is 10.2. The summed E-state index contributed by atoms with van der Waals surface area (Å²) in [5.74, 6) is 12.6. The van der Waals surface area contributed by atoms with Crippen LogP contribution < -0.4 is 55.1 Å². The summed E-state index contributed by atoms with van der Waals surface area (Å²) in [4.78, 5) is 4.94. The van der Waals surface area contributed by atoms with Crippen molar-refractivity contribution >= 4 is 109 Å². The Morgan fingerprint density at radius 2 is 0.750 bits per heavy atom. The van der Waals surface area contributed by atoms with Crippen molar-refractivity contribution in [1.29, 1.82) is 0 Å². The Morgan fingerprint density at radius 3 is 1.20 bits per heavy atom. The molecule has 6 nitrogen and oxygen atoms in total. The molecule has 60 heavy (non-hydrogen) atoms. The molecule has 0 N–H and O–H groups in total.